The Bertz CT molecular complexity index is 1060. The summed E-state index contributed by atoms with van der Waals surface area (Å²) in [5, 5.41) is 27.6. The number of aliphatic carboxylic acids is 1. The van der Waals surface area contributed by atoms with Gasteiger partial charge in [-0.15, -0.1) is 0 Å². The third-order valence-corrected chi connectivity index (χ3v) is 5.12. The van der Waals surface area contributed by atoms with Crippen LogP contribution in [0.2, 0.25) is 0 Å². The van der Waals surface area contributed by atoms with Crippen molar-refractivity contribution >= 4 is 57.9 Å². The molecule has 1 fully saturated rings. The van der Waals surface area contributed by atoms with Crippen molar-refractivity contribution in [2.75, 3.05) is 11.5 Å². The number of carboxylic acids is 2. The molecule has 0 unspecified atom stereocenters. The van der Waals surface area contributed by atoms with Gasteiger partial charge in [-0.05, 0) is 30.3 Å². The molecule has 3 rings (SSSR count). The molecule has 2 aromatic rings. The van der Waals surface area contributed by atoms with Crippen molar-refractivity contribution in [2.45, 2.75) is 0 Å². The van der Waals surface area contributed by atoms with Gasteiger partial charge in [0.1, 0.15) is 17.1 Å². The number of anilines is 1. The quantitative estimate of drug-likeness (QED) is 0.468. The van der Waals surface area contributed by atoms with Gasteiger partial charge in [-0.2, -0.15) is 0 Å². The highest BCUT2D eigenvalue weighted by Gasteiger charge is 2.34. The summed E-state index contributed by atoms with van der Waals surface area (Å²) in [4.78, 5) is 36.3. The topological polar surface area (TPSA) is 124 Å². The maximum absolute atomic E-state index is 12.9. The van der Waals surface area contributed by atoms with Crippen LogP contribution in [0.15, 0.2) is 47.4 Å². The fourth-order valence-electron chi connectivity index (χ4n) is 2.54. The lowest BCUT2D eigenvalue weighted by atomic mass is 10.1. The number of amides is 1. The number of aromatic hydroxyl groups is 1. The molecule has 0 bridgehead atoms. The Morgan fingerprint density at radius 2 is 1.90 bits per heavy atom. The molecule has 0 atom stereocenters. The van der Waals surface area contributed by atoms with Crippen molar-refractivity contribution < 1.29 is 34.4 Å². The van der Waals surface area contributed by atoms with Crippen molar-refractivity contribution in [2.24, 2.45) is 0 Å². The van der Waals surface area contributed by atoms with Crippen molar-refractivity contribution in [3.63, 3.8) is 0 Å². The second-order valence-corrected chi connectivity index (χ2v) is 7.42. The normalized spacial score (nSPS) is 15.0. The molecule has 8 nitrogen and oxygen atoms in total. The molecule has 0 radical (unpaired) electrons. The van der Waals surface area contributed by atoms with Crippen LogP contribution in [0.3, 0.4) is 0 Å². The van der Waals surface area contributed by atoms with E-state index < -0.39 is 30.2 Å². The number of carboxylic acid groups (broad SMARTS) is 2. The number of ether oxygens (including phenoxy) is 1. The largest absolute Gasteiger partial charge is 0.507 e. The molecule has 3 N–H and O–H groups in total. The lowest BCUT2D eigenvalue weighted by Gasteiger charge is -2.15. The minimum absolute atomic E-state index is 0.187. The number of benzene rings is 2. The Balaban J connectivity index is 1.93. The summed E-state index contributed by atoms with van der Waals surface area (Å²) < 4.78 is 5.42. The van der Waals surface area contributed by atoms with E-state index in [9.17, 15) is 19.5 Å². The fourth-order valence-corrected chi connectivity index (χ4v) is 3.83. The van der Waals surface area contributed by atoms with E-state index in [4.69, 9.17) is 27.2 Å². The number of hydrogen-bond acceptors (Lipinski definition) is 7. The molecule has 148 valence electrons. The number of rotatable bonds is 6. The fraction of sp³-hybridized carbons (Fsp3) is 0.0526. The van der Waals surface area contributed by atoms with Gasteiger partial charge in [-0.3, -0.25) is 9.69 Å². The number of thioether (sulfide) groups is 1. The maximum Gasteiger partial charge on any atom is 0.341 e. The molecule has 0 spiro atoms. The van der Waals surface area contributed by atoms with Crippen LogP contribution in [0.4, 0.5) is 5.69 Å². The number of thiocarbonyl (C=S) groups is 1. The standard InChI is InChI=1S/C19H13NO7S2/c21-13-6-5-11(8-12(13)18(25)26)20-17(24)15(29-19(20)28)7-10-3-1-2-4-14(10)27-9-16(22)23/h1-8,21H,9H2,(H,22,23)(H,25,26)/b15-7-. The molecule has 1 aliphatic heterocycles. The zero-order valence-electron chi connectivity index (χ0n) is 14.6. The minimum Gasteiger partial charge on any atom is -0.507 e. The minimum atomic E-state index is -1.34. The predicted octanol–water partition coefficient (Wildman–Crippen LogP) is 2.96. The number of aromatic carboxylic acids is 1. The van der Waals surface area contributed by atoms with Crippen LogP contribution in [-0.4, -0.2) is 44.1 Å². The van der Waals surface area contributed by atoms with E-state index in [-0.39, 0.29) is 26.2 Å². The SMILES string of the molecule is O=C(O)COc1ccccc1/C=C1\SC(=S)N(c2ccc(O)c(C(=O)O)c2)C1=O. The Morgan fingerprint density at radius 3 is 2.59 bits per heavy atom. The number of nitrogens with zero attached hydrogens (tertiary/aromatic N) is 1. The molecule has 1 aliphatic rings. The van der Waals surface area contributed by atoms with Gasteiger partial charge >= 0.3 is 11.9 Å². The molecule has 0 aliphatic carbocycles. The van der Waals surface area contributed by atoms with Gasteiger partial charge in [0.05, 0.1) is 10.6 Å². The predicted molar refractivity (Wildman–Crippen MR) is 110 cm³/mol. The molecular weight excluding hydrogens is 418 g/mol. The zero-order valence-corrected chi connectivity index (χ0v) is 16.2. The number of phenols is 1. The summed E-state index contributed by atoms with van der Waals surface area (Å²) in [5.74, 6) is -3.08. The Hall–Kier alpha value is -3.37. The highest BCUT2D eigenvalue weighted by molar-refractivity contribution is 8.27. The summed E-state index contributed by atoms with van der Waals surface area (Å²) in [6.07, 6.45) is 1.52. The Labute approximate surface area is 174 Å². The maximum atomic E-state index is 12.9. The van der Waals surface area contributed by atoms with Crippen LogP contribution in [0.1, 0.15) is 15.9 Å². The van der Waals surface area contributed by atoms with E-state index in [1.165, 1.54) is 23.1 Å². The summed E-state index contributed by atoms with van der Waals surface area (Å²) in [6, 6.07) is 10.3. The first-order valence-corrected chi connectivity index (χ1v) is 9.28. The zero-order chi connectivity index (χ0) is 21.1. The molecule has 1 amide bonds. The van der Waals surface area contributed by atoms with E-state index in [1.807, 2.05) is 0 Å². The third kappa shape index (κ3) is 4.39. The average Bonchev–Trinajstić information content (AvgIpc) is 2.94. The molecule has 29 heavy (non-hydrogen) atoms. The molecular formula is C19H13NO7S2. The van der Waals surface area contributed by atoms with E-state index in [0.29, 0.717) is 5.56 Å². The van der Waals surface area contributed by atoms with Crippen LogP contribution >= 0.6 is 24.0 Å². The van der Waals surface area contributed by atoms with E-state index in [1.54, 1.807) is 24.3 Å². The molecule has 1 saturated heterocycles. The van der Waals surface area contributed by atoms with Crippen LogP contribution in [0.25, 0.3) is 6.08 Å². The van der Waals surface area contributed by atoms with Crippen LogP contribution in [0.5, 0.6) is 11.5 Å². The monoisotopic (exact) mass is 431 g/mol. The number of para-hydroxylation sites is 1. The molecule has 0 aromatic heterocycles. The number of hydrogen-bond donors (Lipinski definition) is 3. The summed E-state index contributed by atoms with van der Waals surface area (Å²) in [5.41, 5.74) is 0.348. The first-order valence-electron chi connectivity index (χ1n) is 8.06. The second-order valence-electron chi connectivity index (χ2n) is 5.74. The Kier molecular flexibility index (Phi) is 5.85. The van der Waals surface area contributed by atoms with E-state index in [2.05, 4.69) is 0 Å². The van der Waals surface area contributed by atoms with Gasteiger partial charge < -0.3 is 20.1 Å². The number of carbonyl (C=O) groups excluding carboxylic acids is 1. The Morgan fingerprint density at radius 1 is 1.17 bits per heavy atom. The van der Waals surface area contributed by atoms with E-state index >= 15 is 0 Å². The first kappa shape index (κ1) is 20.4. The first-order chi connectivity index (χ1) is 13.8. The number of carbonyl (C=O) groups is 3. The summed E-state index contributed by atoms with van der Waals surface area (Å²) >= 11 is 6.27. The molecule has 0 saturated carbocycles. The van der Waals surface area contributed by atoms with Crippen molar-refractivity contribution in [1.82, 2.24) is 0 Å². The van der Waals surface area contributed by atoms with Gasteiger partial charge in [0.15, 0.2) is 10.9 Å². The summed E-state index contributed by atoms with van der Waals surface area (Å²) in [6.45, 7) is -0.530. The van der Waals surface area contributed by atoms with Gasteiger partial charge in [0.2, 0.25) is 0 Å². The lowest BCUT2D eigenvalue weighted by molar-refractivity contribution is -0.139. The van der Waals surface area contributed by atoms with Gasteiger partial charge in [-0.25, -0.2) is 9.59 Å². The molecule has 2 aromatic carbocycles. The van der Waals surface area contributed by atoms with Crippen molar-refractivity contribution in [3.05, 3.63) is 58.5 Å². The van der Waals surface area contributed by atoms with Crippen molar-refractivity contribution in [1.29, 1.82) is 0 Å². The van der Waals surface area contributed by atoms with Crippen LogP contribution in [0, 0.1) is 0 Å². The molecule has 1 heterocycles. The highest BCUT2D eigenvalue weighted by Crippen LogP contribution is 2.38. The third-order valence-electron chi connectivity index (χ3n) is 3.82. The average molecular weight is 431 g/mol. The lowest BCUT2D eigenvalue weighted by Crippen LogP contribution is -2.27. The van der Waals surface area contributed by atoms with Gasteiger partial charge in [0.25, 0.3) is 5.91 Å². The smallest absolute Gasteiger partial charge is 0.341 e. The molecule has 10 heteroatoms. The van der Waals surface area contributed by atoms with Crippen LogP contribution < -0.4 is 9.64 Å². The summed E-state index contributed by atoms with van der Waals surface area (Å²) in [7, 11) is 0. The second kappa shape index (κ2) is 8.33. The van der Waals surface area contributed by atoms with Gasteiger partial charge in [-0.1, -0.05) is 42.2 Å². The van der Waals surface area contributed by atoms with Crippen LogP contribution in [-0.2, 0) is 9.59 Å². The highest BCUT2D eigenvalue weighted by atomic mass is 32.2. The van der Waals surface area contributed by atoms with Gasteiger partial charge in [0, 0.05) is 5.56 Å². The van der Waals surface area contributed by atoms with E-state index in [0.717, 1.165) is 17.8 Å². The van der Waals surface area contributed by atoms with Crippen molar-refractivity contribution in [3.8, 4) is 11.5 Å².